The van der Waals surface area contributed by atoms with Crippen molar-refractivity contribution in [2.45, 2.75) is 43.9 Å². The molecule has 0 radical (unpaired) electrons. The quantitative estimate of drug-likeness (QED) is 0.650. The number of hydrogen-bond donors (Lipinski definition) is 2. The van der Waals surface area contributed by atoms with Crippen LogP contribution in [0.2, 0.25) is 0 Å². The summed E-state index contributed by atoms with van der Waals surface area (Å²) in [5.41, 5.74) is 2.51. The Morgan fingerprint density at radius 3 is 2.48 bits per heavy atom. The van der Waals surface area contributed by atoms with E-state index >= 15 is 0 Å². The topological polar surface area (TPSA) is 56.8 Å². The lowest BCUT2D eigenvalue weighted by Crippen LogP contribution is -2.51. The minimum absolute atomic E-state index is 0.296. The summed E-state index contributed by atoms with van der Waals surface area (Å²) < 4.78 is 6.19. The fourth-order valence-electron chi connectivity index (χ4n) is 5.14. The van der Waals surface area contributed by atoms with Crippen LogP contribution in [0.4, 0.5) is 0 Å². The van der Waals surface area contributed by atoms with Crippen LogP contribution in [0, 0.1) is 0 Å². The summed E-state index contributed by atoms with van der Waals surface area (Å²) in [6, 6.07) is 19.8. The number of benzene rings is 2. The first-order valence-electron chi connectivity index (χ1n) is 12.5. The van der Waals surface area contributed by atoms with E-state index in [1.54, 1.807) is 0 Å². The van der Waals surface area contributed by atoms with Crippen molar-refractivity contribution in [3.63, 3.8) is 0 Å². The molecule has 3 aliphatic rings. The number of rotatable bonds is 8. The van der Waals surface area contributed by atoms with Gasteiger partial charge in [-0.25, -0.2) is 0 Å². The molecular weight excluding hydrogens is 412 g/mol. The summed E-state index contributed by atoms with van der Waals surface area (Å²) in [7, 11) is 0. The van der Waals surface area contributed by atoms with Crippen molar-refractivity contribution < 1.29 is 9.53 Å². The van der Waals surface area contributed by atoms with Crippen LogP contribution in [0.25, 0.3) is 0 Å². The van der Waals surface area contributed by atoms with Crippen LogP contribution in [0.1, 0.15) is 36.3 Å². The lowest BCUT2D eigenvalue weighted by molar-refractivity contribution is -0.133. The van der Waals surface area contributed by atoms with Crippen molar-refractivity contribution in [3.05, 3.63) is 65.7 Å². The smallest absolute Gasteiger partial charge is 0.236 e. The van der Waals surface area contributed by atoms with Crippen LogP contribution < -0.4 is 15.4 Å². The molecule has 0 bridgehead atoms. The predicted molar refractivity (Wildman–Crippen MR) is 130 cm³/mol. The number of carbonyl (C=O) groups excluding carboxylic acids is 1. The predicted octanol–water partition coefficient (Wildman–Crippen LogP) is 2.61. The van der Waals surface area contributed by atoms with Gasteiger partial charge in [-0.2, -0.15) is 0 Å². The van der Waals surface area contributed by atoms with Gasteiger partial charge in [0, 0.05) is 57.3 Å². The molecule has 2 aliphatic heterocycles. The molecule has 2 saturated heterocycles. The molecule has 0 spiro atoms. The fraction of sp³-hybridized carbons (Fsp3) is 0.519. The lowest BCUT2D eigenvalue weighted by atomic mass is 10.0. The molecular formula is C27H36N4O2. The maximum atomic E-state index is 12.7. The second-order valence-corrected chi connectivity index (χ2v) is 9.61. The van der Waals surface area contributed by atoms with Gasteiger partial charge < -0.3 is 20.3 Å². The first-order chi connectivity index (χ1) is 16.3. The van der Waals surface area contributed by atoms with E-state index in [9.17, 15) is 4.79 Å². The molecule has 2 aromatic carbocycles. The second kappa shape index (κ2) is 10.7. The number of likely N-dealkylation sites (tertiary alicyclic amines) is 1. The highest BCUT2D eigenvalue weighted by Gasteiger charge is 2.41. The Balaban J connectivity index is 1.08. The number of piperidine rings is 1. The van der Waals surface area contributed by atoms with Gasteiger partial charge in [-0.1, -0.05) is 48.5 Å². The Kier molecular flexibility index (Phi) is 7.24. The van der Waals surface area contributed by atoms with Gasteiger partial charge in [-0.05, 0) is 36.5 Å². The molecule has 33 heavy (non-hydrogen) atoms. The normalized spacial score (nSPS) is 23.9. The van der Waals surface area contributed by atoms with Crippen LogP contribution in [-0.4, -0.2) is 73.6 Å². The third kappa shape index (κ3) is 5.94. The van der Waals surface area contributed by atoms with E-state index in [1.807, 2.05) is 6.07 Å². The number of amides is 1. The second-order valence-electron chi connectivity index (χ2n) is 9.61. The van der Waals surface area contributed by atoms with E-state index in [4.69, 9.17) is 4.74 Å². The Morgan fingerprint density at radius 2 is 1.70 bits per heavy atom. The fourth-order valence-corrected chi connectivity index (χ4v) is 5.14. The Hall–Kier alpha value is -2.41. The SMILES string of the molecule is O=C(CN1CCNCC1)N1CCC(NC2CC2c2ccccc2OCc2ccccc2)CC1. The third-order valence-corrected chi connectivity index (χ3v) is 7.21. The highest BCUT2D eigenvalue weighted by atomic mass is 16.5. The minimum Gasteiger partial charge on any atom is -0.489 e. The summed E-state index contributed by atoms with van der Waals surface area (Å²) in [4.78, 5) is 17.0. The number of para-hydroxylation sites is 1. The van der Waals surface area contributed by atoms with Crippen LogP contribution >= 0.6 is 0 Å². The van der Waals surface area contributed by atoms with Gasteiger partial charge >= 0.3 is 0 Å². The molecule has 0 aromatic heterocycles. The summed E-state index contributed by atoms with van der Waals surface area (Å²) in [6.07, 6.45) is 3.25. The van der Waals surface area contributed by atoms with Gasteiger partial charge in [0.05, 0.1) is 6.54 Å². The maximum absolute atomic E-state index is 12.7. The molecule has 5 rings (SSSR count). The van der Waals surface area contributed by atoms with Gasteiger partial charge in [-0.3, -0.25) is 9.69 Å². The monoisotopic (exact) mass is 448 g/mol. The van der Waals surface area contributed by atoms with Gasteiger partial charge in [-0.15, -0.1) is 0 Å². The molecule has 2 aromatic rings. The van der Waals surface area contributed by atoms with Crippen molar-refractivity contribution in [2.24, 2.45) is 0 Å². The van der Waals surface area contributed by atoms with E-state index in [0.717, 1.165) is 64.3 Å². The van der Waals surface area contributed by atoms with E-state index in [0.29, 0.717) is 37.1 Å². The van der Waals surface area contributed by atoms with Crippen LogP contribution in [0.15, 0.2) is 54.6 Å². The highest BCUT2D eigenvalue weighted by Crippen LogP contribution is 2.45. The molecule has 2 atom stereocenters. The number of nitrogens with zero attached hydrogens (tertiary/aromatic N) is 2. The van der Waals surface area contributed by atoms with Crippen molar-refractivity contribution in [3.8, 4) is 5.75 Å². The van der Waals surface area contributed by atoms with Crippen molar-refractivity contribution in [1.29, 1.82) is 0 Å². The molecule has 2 unspecified atom stereocenters. The van der Waals surface area contributed by atoms with Crippen molar-refractivity contribution >= 4 is 5.91 Å². The molecule has 6 nitrogen and oxygen atoms in total. The van der Waals surface area contributed by atoms with Crippen LogP contribution in [0.5, 0.6) is 5.75 Å². The van der Waals surface area contributed by atoms with E-state index < -0.39 is 0 Å². The average molecular weight is 449 g/mol. The number of nitrogens with one attached hydrogen (secondary N) is 2. The largest absolute Gasteiger partial charge is 0.489 e. The van der Waals surface area contributed by atoms with E-state index in [-0.39, 0.29) is 0 Å². The van der Waals surface area contributed by atoms with Gasteiger partial charge in [0.2, 0.25) is 5.91 Å². The average Bonchev–Trinajstić information content (AvgIpc) is 3.63. The number of carbonyl (C=O) groups is 1. The molecule has 1 aliphatic carbocycles. The van der Waals surface area contributed by atoms with E-state index in [1.165, 1.54) is 11.1 Å². The summed E-state index contributed by atoms with van der Waals surface area (Å²) in [5, 5.41) is 7.22. The molecule has 6 heteroatoms. The first-order valence-corrected chi connectivity index (χ1v) is 12.5. The lowest BCUT2D eigenvalue weighted by Gasteiger charge is -2.35. The molecule has 2 heterocycles. The molecule has 2 N–H and O–H groups in total. The van der Waals surface area contributed by atoms with Crippen molar-refractivity contribution in [1.82, 2.24) is 20.4 Å². The highest BCUT2D eigenvalue weighted by molar-refractivity contribution is 5.78. The summed E-state index contributed by atoms with van der Waals surface area (Å²) in [5.74, 6) is 1.82. The third-order valence-electron chi connectivity index (χ3n) is 7.21. The summed E-state index contributed by atoms with van der Waals surface area (Å²) in [6.45, 7) is 6.85. The zero-order valence-electron chi connectivity index (χ0n) is 19.4. The first kappa shape index (κ1) is 22.4. The zero-order valence-corrected chi connectivity index (χ0v) is 19.4. The Morgan fingerprint density at radius 1 is 0.970 bits per heavy atom. The molecule has 3 fully saturated rings. The minimum atomic E-state index is 0.296. The molecule has 1 saturated carbocycles. The number of hydrogen-bond acceptors (Lipinski definition) is 5. The van der Waals surface area contributed by atoms with Gasteiger partial charge in [0.15, 0.2) is 0 Å². The van der Waals surface area contributed by atoms with Crippen molar-refractivity contribution in [2.75, 3.05) is 45.8 Å². The maximum Gasteiger partial charge on any atom is 0.236 e. The molecule has 1 amide bonds. The van der Waals surface area contributed by atoms with Gasteiger partial charge in [0.1, 0.15) is 12.4 Å². The number of ether oxygens (including phenoxy) is 1. The standard InChI is InChI=1S/C27H36N4O2/c32-27(19-30-16-12-28-13-17-30)31-14-10-22(11-15-31)29-25-18-24(25)23-8-4-5-9-26(23)33-20-21-6-2-1-3-7-21/h1-9,22,24-25,28-29H,10-20H2. The number of piperazine rings is 1. The van der Waals surface area contributed by atoms with Gasteiger partial charge in [0.25, 0.3) is 0 Å². The summed E-state index contributed by atoms with van der Waals surface area (Å²) >= 11 is 0. The van der Waals surface area contributed by atoms with Crippen LogP contribution in [0.3, 0.4) is 0 Å². The molecule has 176 valence electrons. The van der Waals surface area contributed by atoms with Crippen LogP contribution in [-0.2, 0) is 11.4 Å². The Bertz CT molecular complexity index is 907. The Labute approximate surface area is 197 Å². The zero-order chi connectivity index (χ0) is 22.5. The van der Waals surface area contributed by atoms with E-state index in [2.05, 4.69) is 69.0 Å².